The molecule has 0 radical (unpaired) electrons. The predicted molar refractivity (Wildman–Crippen MR) is 138 cm³/mol. The van der Waals surface area contributed by atoms with Crippen molar-refractivity contribution in [2.45, 2.75) is 0 Å². The van der Waals surface area contributed by atoms with Crippen molar-refractivity contribution in [2.75, 3.05) is 19.0 Å². The van der Waals surface area contributed by atoms with Gasteiger partial charge < -0.3 is 9.47 Å². The number of halogens is 1. The number of nitrogens with one attached hydrogen (secondary N) is 1. The summed E-state index contributed by atoms with van der Waals surface area (Å²) in [6.45, 7) is -0.188. The minimum absolute atomic E-state index is 0.188. The lowest BCUT2D eigenvalue weighted by Crippen LogP contribution is -2.20. The molecular formula is C24H17BrN4O3S2. The molecule has 0 spiro atoms. The molecule has 7 nitrogen and oxygen atoms in total. The van der Waals surface area contributed by atoms with Crippen LogP contribution in [-0.4, -0.2) is 29.6 Å². The molecule has 10 heteroatoms. The fraction of sp³-hybridized carbons (Fsp3) is 0.0833. The van der Waals surface area contributed by atoms with Crippen LogP contribution in [0.3, 0.4) is 0 Å². The van der Waals surface area contributed by atoms with E-state index in [-0.39, 0.29) is 12.5 Å². The number of carbonyl (C=O) groups is 1. The highest BCUT2D eigenvalue weighted by atomic mass is 79.9. The minimum Gasteiger partial charge on any atom is -0.493 e. The molecule has 170 valence electrons. The number of methoxy groups -OCH3 is 1. The SMILES string of the molecule is COc1cc(C=C(C#N)c2nc(-c3ccc(Br)cc3)cs2)ccc1OCC(=O)Nc1nccs1. The van der Waals surface area contributed by atoms with Gasteiger partial charge in [0.15, 0.2) is 23.2 Å². The van der Waals surface area contributed by atoms with Gasteiger partial charge in [0.2, 0.25) is 0 Å². The number of aromatic nitrogens is 2. The molecule has 0 atom stereocenters. The van der Waals surface area contributed by atoms with Gasteiger partial charge in [-0.2, -0.15) is 5.26 Å². The number of amides is 1. The van der Waals surface area contributed by atoms with Crippen LogP contribution >= 0.6 is 38.6 Å². The summed E-state index contributed by atoms with van der Waals surface area (Å²) < 4.78 is 12.0. The number of hydrogen-bond donors (Lipinski definition) is 1. The summed E-state index contributed by atoms with van der Waals surface area (Å²) in [5.74, 6) is 0.542. The zero-order valence-corrected chi connectivity index (χ0v) is 21.0. The Morgan fingerprint density at radius 1 is 1.21 bits per heavy atom. The van der Waals surface area contributed by atoms with Crippen molar-refractivity contribution < 1.29 is 14.3 Å². The number of rotatable bonds is 8. The molecule has 2 heterocycles. The van der Waals surface area contributed by atoms with Crippen LogP contribution in [0, 0.1) is 11.3 Å². The fourth-order valence-electron chi connectivity index (χ4n) is 2.94. The largest absolute Gasteiger partial charge is 0.493 e. The van der Waals surface area contributed by atoms with E-state index in [0.29, 0.717) is 27.2 Å². The van der Waals surface area contributed by atoms with Crippen LogP contribution in [0.1, 0.15) is 10.6 Å². The van der Waals surface area contributed by atoms with Gasteiger partial charge in [-0.05, 0) is 35.9 Å². The van der Waals surface area contributed by atoms with Crippen LogP contribution < -0.4 is 14.8 Å². The molecule has 0 aliphatic rings. The lowest BCUT2D eigenvalue weighted by molar-refractivity contribution is -0.118. The topological polar surface area (TPSA) is 97.1 Å². The molecule has 2 aromatic heterocycles. The quantitative estimate of drug-likeness (QED) is 0.264. The summed E-state index contributed by atoms with van der Waals surface area (Å²) >= 11 is 6.16. The molecule has 0 fully saturated rings. The summed E-state index contributed by atoms with van der Waals surface area (Å²) in [7, 11) is 1.52. The number of ether oxygens (including phenoxy) is 2. The highest BCUT2D eigenvalue weighted by molar-refractivity contribution is 9.10. The zero-order valence-electron chi connectivity index (χ0n) is 17.8. The number of anilines is 1. The third-order valence-electron chi connectivity index (χ3n) is 4.53. The number of nitrogens with zero attached hydrogens (tertiary/aromatic N) is 3. The molecule has 1 amide bonds. The Labute approximate surface area is 212 Å². The van der Waals surface area contributed by atoms with E-state index < -0.39 is 0 Å². The van der Waals surface area contributed by atoms with Gasteiger partial charge in [-0.3, -0.25) is 10.1 Å². The maximum atomic E-state index is 12.0. The number of hydrogen-bond acceptors (Lipinski definition) is 8. The first-order valence-corrected chi connectivity index (χ1v) is 12.4. The molecule has 2 aromatic carbocycles. The van der Waals surface area contributed by atoms with Gasteiger partial charge in [0, 0.05) is 27.0 Å². The van der Waals surface area contributed by atoms with Gasteiger partial charge in [0.1, 0.15) is 11.1 Å². The maximum absolute atomic E-state index is 12.0. The van der Waals surface area contributed by atoms with Gasteiger partial charge in [-0.1, -0.05) is 34.1 Å². The van der Waals surface area contributed by atoms with Gasteiger partial charge in [-0.25, -0.2) is 9.97 Å². The Kier molecular flexibility index (Phi) is 7.69. The third-order valence-corrected chi connectivity index (χ3v) is 6.62. The summed E-state index contributed by atoms with van der Waals surface area (Å²) in [6, 6.07) is 15.3. The van der Waals surface area contributed by atoms with E-state index in [2.05, 4.69) is 37.3 Å². The second-order valence-electron chi connectivity index (χ2n) is 6.80. The molecule has 4 rings (SSSR count). The van der Waals surface area contributed by atoms with E-state index in [1.807, 2.05) is 29.6 Å². The Hall–Kier alpha value is -3.52. The van der Waals surface area contributed by atoms with Gasteiger partial charge >= 0.3 is 0 Å². The van der Waals surface area contributed by atoms with Gasteiger partial charge in [0.05, 0.1) is 18.4 Å². The van der Waals surface area contributed by atoms with Crippen LogP contribution in [0.4, 0.5) is 5.13 Å². The van der Waals surface area contributed by atoms with Crippen LogP contribution in [0.5, 0.6) is 11.5 Å². The van der Waals surface area contributed by atoms with Crippen molar-refractivity contribution in [3.8, 4) is 28.8 Å². The van der Waals surface area contributed by atoms with E-state index in [4.69, 9.17) is 9.47 Å². The lowest BCUT2D eigenvalue weighted by atomic mass is 10.1. The molecule has 4 aromatic rings. The van der Waals surface area contributed by atoms with E-state index in [1.54, 1.807) is 35.9 Å². The fourth-order valence-corrected chi connectivity index (χ4v) is 4.54. The molecule has 0 aliphatic heterocycles. The van der Waals surface area contributed by atoms with Crippen molar-refractivity contribution in [3.63, 3.8) is 0 Å². The highest BCUT2D eigenvalue weighted by Crippen LogP contribution is 2.31. The zero-order chi connectivity index (χ0) is 23.9. The molecule has 1 N–H and O–H groups in total. The van der Waals surface area contributed by atoms with E-state index in [1.165, 1.54) is 29.8 Å². The van der Waals surface area contributed by atoms with Crippen molar-refractivity contribution in [2.24, 2.45) is 0 Å². The second kappa shape index (κ2) is 11.1. The number of allylic oxidation sites excluding steroid dienone is 1. The van der Waals surface area contributed by atoms with Crippen molar-refractivity contribution in [1.82, 2.24) is 9.97 Å². The molecule has 0 saturated heterocycles. The van der Waals surface area contributed by atoms with Crippen LogP contribution in [0.2, 0.25) is 0 Å². The lowest BCUT2D eigenvalue weighted by Gasteiger charge is -2.11. The Morgan fingerprint density at radius 3 is 2.74 bits per heavy atom. The van der Waals surface area contributed by atoms with Crippen molar-refractivity contribution in [1.29, 1.82) is 5.26 Å². The molecule has 0 aliphatic carbocycles. The van der Waals surface area contributed by atoms with Crippen LogP contribution in [0.15, 0.2) is 63.9 Å². The third kappa shape index (κ3) is 5.88. The second-order valence-corrected chi connectivity index (χ2v) is 9.47. The Morgan fingerprint density at radius 2 is 2.03 bits per heavy atom. The summed E-state index contributed by atoms with van der Waals surface area (Å²) in [5.41, 5.74) is 2.97. The molecular weight excluding hydrogens is 536 g/mol. The van der Waals surface area contributed by atoms with Crippen LogP contribution in [0.25, 0.3) is 22.9 Å². The number of carbonyl (C=O) groups excluding carboxylic acids is 1. The smallest absolute Gasteiger partial charge is 0.264 e. The minimum atomic E-state index is -0.321. The summed E-state index contributed by atoms with van der Waals surface area (Å²) in [5, 5.41) is 17.2. The molecule has 0 unspecified atom stereocenters. The maximum Gasteiger partial charge on any atom is 0.264 e. The number of thiazole rings is 2. The summed E-state index contributed by atoms with van der Waals surface area (Å²) in [4.78, 5) is 20.7. The van der Waals surface area contributed by atoms with Crippen molar-refractivity contribution in [3.05, 3.63) is 74.5 Å². The summed E-state index contributed by atoms with van der Waals surface area (Å²) in [6.07, 6.45) is 3.35. The Balaban J connectivity index is 1.48. The number of nitriles is 1. The predicted octanol–water partition coefficient (Wildman–Crippen LogP) is 6.12. The molecule has 0 bridgehead atoms. The average Bonchev–Trinajstić information content (AvgIpc) is 3.54. The van der Waals surface area contributed by atoms with Crippen LogP contribution in [-0.2, 0) is 4.79 Å². The standard InChI is InChI=1S/C24H17BrN4O3S2/c1-31-21-11-15(2-7-20(21)32-13-22(30)29-24-27-8-9-33-24)10-17(12-26)23-28-19(14-34-23)16-3-5-18(25)6-4-16/h2-11,14H,13H2,1H3,(H,27,29,30). The monoisotopic (exact) mass is 552 g/mol. The van der Waals surface area contributed by atoms with E-state index in [0.717, 1.165) is 21.3 Å². The van der Waals surface area contributed by atoms with Gasteiger partial charge in [0.25, 0.3) is 5.91 Å². The van der Waals surface area contributed by atoms with Gasteiger partial charge in [-0.15, -0.1) is 22.7 Å². The molecule has 34 heavy (non-hydrogen) atoms. The first-order valence-electron chi connectivity index (χ1n) is 9.89. The van der Waals surface area contributed by atoms with E-state index in [9.17, 15) is 10.1 Å². The normalized spacial score (nSPS) is 11.0. The van der Waals surface area contributed by atoms with Crippen molar-refractivity contribution >= 4 is 61.3 Å². The van der Waals surface area contributed by atoms with E-state index >= 15 is 0 Å². The Bertz CT molecular complexity index is 1360. The molecule has 0 saturated carbocycles. The average molecular weight is 553 g/mol. The first-order chi connectivity index (χ1) is 16.6. The number of benzene rings is 2. The highest BCUT2D eigenvalue weighted by Gasteiger charge is 2.12. The first kappa shape index (κ1) is 23.6.